The van der Waals surface area contributed by atoms with Gasteiger partial charge < -0.3 is 15.3 Å². The first-order valence-electron chi connectivity index (χ1n) is 6.28. The van der Waals surface area contributed by atoms with Crippen LogP contribution in [0.1, 0.15) is 25.7 Å². The van der Waals surface area contributed by atoms with Crippen molar-refractivity contribution in [2.24, 2.45) is 5.92 Å². The van der Waals surface area contributed by atoms with Gasteiger partial charge in [0.25, 0.3) is 0 Å². The van der Waals surface area contributed by atoms with Crippen molar-refractivity contribution in [3.8, 4) is 0 Å². The van der Waals surface area contributed by atoms with Crippen LogP contribution in [0.3, 0.4) is 0 Å². The van der Waals surface area contributed by atoms with Gasteiger partial charge in [0, 0.05) is 25.4 Å². The summed E-state index contributed by atoms with van der Waals surface area (Å²) in [5, 5.41) is 11.9. The molecule has 1 fully saturated rings. The maximum atomic E-state index is 11.9. The van der Waals surface area contributed by atoms with E-state index in [0.717, 1.165) is 25.0 Å². The number of rotatable bonds is 5. The lowest BCUT2D eigenvalue weighted by atomic mass is 9.86. The first-order valence-corrected chi connectivity index (χ1v) is 7.67. The summed E-state index contributed by atoms with van der Waals surface area (Å²) in [6.07, 6.45) is 5.04. The summed E-state index contributed by atoms with van der Waals surface area (Å²) in [5.74, 6) is -0.142. The van der Waals surface area contributed by atoms with Crippen LogP contribution < -0.4 is 5.32 Å². The van der Waals surface area contributed by atoms with E-state index in [4.69, 9.17) is 5.11 Å². The second kappa shape index (κ2) is 7.51. The molecule has 5 nitrogen and oxygen atoms in total. The average Bonchev–Trinajstić information content (AvgIpc) is 2.36. The van der Waals surface area contributed by atoms with Gasteiger partial charge in [0.2, 0.25) is 0 Å². The minimum absolute atomic E-state index is 0.00378. The Labute approximate surface area is 112 Å². The van der Waals surface area contributed by atoms with Crippen LogP contribution in [0.5, 0.6) is 0 Å². The maximum absolute atomic E-state index is 11.9. The lowest BCUT2D eigenvalue weighted by molar-refractivity contribution is -0.143. The highest BCUT2D eigenvalue weighted by molar-refractivity contribution is 7.98. The molecule has 1 rings (SSSR count). The number of hydrogen-bond acceptors (Lipinski definition) is 3. The van der Waals surface area contributed by atoms with Gasteiger partial charge in [-0.05, 0) is 25.5 Å². The van der Waals surface area contributed by atoms with Gasteiger partial charge in [-0.25, -0.2) is 4.79 Å². The standard InChI is InChI=1S/C12H22N2O3S/c1-14(6-7-18-2)12(17)13-10-5-3-4-9(8-10)11(15)16/h9-10H,3-8H2,1-2H3,(H,13,17)(H,15,16). The number of hydrogen-bond donors (Lipinski definition) is 2. The number of carboxylic acids is 1. The van der Waals surface area contributed by atoms with Gasteiger partial charge in [-0.3, -0.25) is 4.79 Å². The zero-order valence-corrected chi connectivity index (χ0v) is 11.8. The van der Waals surface area contributed by atoms with Gasteiger partial charge in [-0.1, -0.05) is 6.42 Å². The molecule has 1 saturated carbocycles. The normalized spacial score (nSPS) is 23.4. The molecular weight excluding hydrogens is 252 g/mol. The summed E-state index contributed by atoms with van der Waals surface area (Å²) in [5.41, 5.74) is 0. The molecule has 1 aliphatic rings. The molecule has 0 heterocycles. The first kappa shape index (κ1) is 15.1. The number of carbonyl (C=O) groups excluding carboxylic acids is 1. The molecule has 0 spiro atoms. The Bertz CT molecular complexity index is 299. The van der Waals surface area contributed by atoms with Crippen LogP contribution >= 0.6 is 11.8 Å². The highest BCUT2D eigenvalue weighted by atomic mass is 32.2. The molecule has 0 aliphatic heterocycles. The minimum Gasteiger partial charge on any atom is -0.481 e. The third-order valence-corrected chi connectivity index (χ3v) is 3.92. The third-order valence-electron chi connectivity index (χ3n) is 3.33. The van der Waals surface area contributed by atoms with Gasteiger partial charge >= 0.3 is 12.0 Å². The Kier molecular flexibility index (Phi) is 6.32. The number of nitrogens with zero attached hydrogens (tertiary/aromatic N) is 1. The predicted molar refractivity (Wildman–Crippen MR) is 72.9 cm³/mol. The van der Waals surface area contributed by atoms with Crippen LogP contribution in [0.4, 0.5) is 4.79 Å². The number of aliphatic carboxylic acids is 1. The van der Waals surface area contributed by atoms with Crippen LogP contribution in [0, 0.1) is 5.92 Å². The van der Waals surface area contributed by atoms with E-state index in [9.17, 15) is 9.59 Å². The number of carbonyl (C=O) groups is 2. The molecule has 6 heteroatoms. The predicted octanol–water partition coefficient (Wildman–Crippen LogP) is 1.63. The number of carboxylic acid groups (broad SMARTS) is 1. The molecule has 0 radical (unpaired) electrons. The van der Waals surface area contributed by atoms with E-state index in [1.807, 2.05) is 6.26 Å². The largest absolute Gasteiger partial charge is 0.481 e. The van der Waals surface area contributed by atoms with Crippen LogP contribution in [-0.2, 0) is 4.79 Å². The second-order valence-corrected chi connectivity index (χ2v) is 5.75. The van der Waals surface area contributed by atoms with Crippen molar-refractivity contribution in [1.82, 2.24) is 10.2 Å². The highest BCUT2D eigenvalue weighted by Gasteiger charge is 2.28. The number of amides is 2. The van der Waals surface area contributed by atoms with E-state index < -0.39 is 5.97 Å². The van der Waals surface area contributed by atoms with Crippen LogP contribution in [0.2, 0.25) is 0 Å². The molecule has 0 aromatic carbocycles. The summed E-state index contributed by atoms with van der Waals surface area (Å²) >= 11 is 1.70. The molecule has 18 heavy (non-hydrogen) atoms. The molecule has 0 bridgehead atoms. The van der Waals surface area contributed by atoms with E-state index in [2.05, 4.69) is 5.32 Å². The Balaban J connectivity index is 2.37. The summed E-state index contributed by atoms with van der Waals surface area (Å²) in [7, 11) is 1.77. The van der Waals surface area contributed by atoms with Crippen molar-refractivity contribution in [2.75, 3.05) is 25.6 Å². The summed E-state index contributed by atoms with van der Waals surface area (Å²) in [4.78, 5) is 24.4. The SMILES string of the molecule is CSCCN(C)C(=O)NC1CCCC(C(=O)O)C1. The zero-order chi connectivity index (χ0) is 13.5. The fourth-order valence-electron chi connectivity index (χ4n) is 2.16. The molecule has 2 amide bonds. The van der Waals surface area contributed by atoms with Gasteiger partial charge in [-0.2, -0.15) is 11.8 Å². The molecular formula is C12H22N2O3S. The van der Waals surface area contributed by atoms with Crippen molar-refractivity contribution >= 4 is 23.8 Å². The highest BCUT2D eigenvalue weighted by Crippen LogP contribution is 2.24. The molecule has 0 saturated heterocycles. The molecule has 104 valence electrons. The van der Waals surface area contributed by atoms with Crippen molar-refractivity contribution in [1.29, 1.82) is 0 Å². The number of thioether (sulfide) groups is 1. The number of nitrogens with one attached hydrogen (secondary N) is 1. The van der Waals surface area contributed by atoms with E-state index in [1.165, 1.54) is 0 Å². The van der Waals surface area contributed by atoms with Gasteiger partial charge in [0.15, 0.2) is 0 Å². The summed E-state index contributed by atoms with van der Waals surface area (Å²) in [6.45, 7) is 0.710. The van der Waals surface area contributed by atoms with Crippen molar-refractivity contribution in [3.63, 3.8) is 0 Å². The molecule has 2 N–H and O–H groups in total. The van der Waals surface area contributed by atoms with E-state index in [-0.39, 0.29) is 18.0 Å². The van der Waals surface area contributed by atoms with Crippen LogP contribution in [0.15, 0.2) is 0 Å². The Morgan fingerprint density at radius 1 is 1.44 bits per heavy atom. The smallest absolute Gasteiger partial charge is 0.317 e. The fraction of sp³-hybridized carbons (Fsp3) is 0.833. The summed E-state index contributed by atoms with van der Waals surface area (Å²) in [6, 6.07) is -0.0934. The Hall–Kier alpha value is -0.910. The molecule has 0 aromatic heterocycles. The lowest BCUT2D eigenvalue weighted by Gasteiger charge is -2.29. The van der Waals surface area contributed by atoms with E-state index >= 15 is 0 Å². The maximum Gasteiger partial charge on any atom is 0.317 e. The van der Waals surface area contributed by atoms with Crippen molar-refractivity contribution < 1.29 is 14.7 Å². The quantitative estimate of drug-likeness (QED) is 0.799. The van der Waals surface area contributed by atoms with E-state index in [0.29, 0.717) is 13.0 Å². The monoisotopic (exact) mass is 274 g/mol. The van der Waals surface area contributed by atoms with Crippen LogP contribution in [-0.4, -0.2) is 53.6 Å². The van der Waals surface area contributed by atoms with Gasteiger partial charge in [-0.15, -0.1) is 0 Å². The topological polar surface area (TPSA) is 69.6 Å². The molecule has 2 atom stereocenters. The van der Waals surface area contributed by atoms with Crippen LogP contribution in [0.25, 0.3) is 0 Å². The summed E-state index contributed by atoms with van der Waals surface area (Å²) < 4.78 is 0. The van der Waals surface area contributed by atoms with E-state index in [1.54, 1.807) is 23.7 Å². The van der Waals surface area contributed by atoms with Gasteiger partial charge in [0.05, 0.1) is 5.92 Å². The lowest BCUT2D eigenvalue weighted by Crippen LogP contribution is -2.46. The fourth-order valence-corrected chi connectivity index (χ4v) is 2.62. The second-order valence-electron chi connectivity index (χ2n) is 4.76. The third kappa shape index (κ3) is 4.76. The minimum atomic E-state index is -0.746. The average molecular weight is 274 g/mol. The molecule has 1 aliphatic carbocycles. The molecule has 2 unspecified atom stereocenters. The Morgan fingerprint density at radius 2 is 2.17 bits per heavy atom. The number of urea groups is 1. The van der Waals surface area contributed by atoms with Crippen molar-refractivity contribution in [3.05, 3.63) is 0 Å². The van der Waals surface area contributed by atoms with Crippen molar-refractivity contribution in [2.45, 2.75) is 31.7 Å². The zero-order valence-electron chi connectivity index (χ0n) is 11.0. The Morgan fingerprint density at radius 3 is 2.78 bits per heavy atom. The first-order chi connectivity index (χ1) is 8.54. The molecule has 0 aromatic rings. The van der Waals surface area contributed by atoms with Gasteiger partial charge in [0.1, 0.15) is 0 Å².